The van der Waals surface area contributed by atoms with Crippen LogP contribution in [-0.2, 0) is 12.8 Å². The van der Waals surface area contributed by atoms with Crippen molar-refractivity contribution in [3.05, 3.63) is 88.3 Å². The van der Waals surface area contributed by atoms with Gasteiger partial charge in [-0.15, -0.1) is 0 Å². The maximum absolute atomic E-state index is 13.6. The highest BCUT2D eigenvalue weighted by molar-refractivity contribution is 5.62. The molecular formula is C25H22F4N2O. The van der Waals surface area contributed by atoms with E-state index < -0.39 is 28.5 Å². The third-order valence-corrected chi connectivity index (χ3v) is 7.23. The lowest BCUT2D eigenvalue weighted by atomic mass is 9.65. The van der Waals surface area contributed by atoms with Crippen LogP contribution in [0.5, 0.6) is 0 Å². The minimum atomic E-state index is -1.48. The topological polar surface area (TPSA) is 38.0 Å². The quantitative estimate of drug-likeness (QED) is 0.426. The summed E-state index contributed by atoms with van der Waals surface area (Å²) in [5, 5.41) is 16.1. The van der Waals surface area contributed by atoms with Crippen molar-refractivity contribution in [3.8, 4) is 5.69 Å². The molecule has 0 spiro atoms. The molecule has 1 aromatic heterocycles. The SMILES string of the molecule is C[C@]12Cc3cnn(-c4ccc(F)cc4)c3C=C1CC[C@@]2(O)CCc1cc(F)c(F)c(F)c1. The molecule has 1 saturated carbocycles. The van der Waals surface area contributed by atoms with Gasteiger partial charge in [0.05, 0.1) is 23.2 Å². The van der Waals surface area contributed by atoms with Crippen LogP contribution in [0.2, 0.25) is 0 Å². The van der Waals surface area contributed by atoms with Crippen LogP contribution in [0.15, 0.2) is 48.2 Å². The third kappa shape index (κ3) is 3.18. The molecule has 1 heterocycles. The molecule has 3 aromatic rings. The Morgan fingerprint density at radius 1 is 1.06 bits per heavy atom. The van der Waals surface area contributed by atoms with Crippen LogP contribution < -0.4 is 0 Å². The second-order valence-electron chi connectivity index (χ2n) is 9.03. The van der Waals surface area contributed by atoms with E-state index in [-0.39, 0.29) is 12.2 Å². The van der Waals surface area contributed by atoms with Crippen LogP contribution in [0.25, 0.3) is 11.8 Å². The molecular weight excluding hydrogens is 420 g/mol. The van der Waals surface area contributed by atoms with Gasteiger partial charge < -0.3 is 5.11 Å². The van der Waals surface area contributed by atoms with Gasteiger partial charge in [0.25, 0.3) is 0 Å². The summed E-state index contributed by atoms with van der Waals surface area (Å²) in [6, 6.07) is 8.09. The van der Waals surface area contributed by atoms with Gasteiger partial charge in [0.1, 0.15) is 5.82 Å². The molecule has 2 aliphatic rings. The van der Waals surface area contributed by atoms with E-state index in [1.54, 1.807) is 23.0 Å². The summed E-state index contributed by atoms with van der Waals surface area (Å²) in [6.45, 7) is 2.01. The average Bonchev–Trinajstić information content (AvgIpc) is 3.27. The van der Waals surface area contributed by atoms with Crippen molar-refractivity contribution in [2.45, 2.75) is 44.6 Å². The largest absolute Gasteiger partial charge is 0.389 e. The van der Waals surface area contributed by atoms with Gasteiger partial charge in [0.2, 0.25) is 0 Å². The fraction of sp³-hybridized carbons (Fsp3) is 0.320. The molecule has 0 radical (unpaired) electrons. The van der Waals surface area contributed by atoms with Crippen molar-refractivity contribution in [2.75, 3.05) is 0 Å². The highest BCUT2D eigenvalue weighted by Gasteiger charge is 2.54. The molecule has 7 heteroatoms. The second kappa shape index (κ2) is 7.30. The number of aryl methyl sites for hydroxylation is 1. The van der Waals surface area contributed by atoms with E-state index in [1.807, 2.05) is 13.0 Å². The summed E-state index contributed by atoms with van der Waals surface area (Å²) in [7, 11) is 0. The molecule has 2 aliphatic carbocycles. The number of hydrogen-bond acceptors (Lipinski definition) is 2. The molecule has 0 bridgehead atoms. The van der Waals surface area contributed by atoms with E-state index in [4.69, 9.17) is 0 Å². The molecule has 0 aliphatic heterocycles. The van der Waals surface area contributed by atoms with Gasteiger partial charge in [-0.1, -0.05) is 12.5 Å². The molecule has 2 atom stereocenters. The number of fused-ring (bicyclic) bond motifs is 2. The molecule has 3 nitrogen and oxygen atoms in total. The van der Waals surface area contributed by atoms with E-state index >= 15 is 0 Å². The normalized spacial score (nSPS) is 24.2. The third-order valence-electron chi connectivity index (χ3n) is 7.23. The fourth-order valence-corrected chi connectivity index (χ4v) is 5.22. The molecule has 0 amide bonds. The van der Waals surface area contributed by atoms with E-state index in [9.17, 15) is 22.7 Å². The van der Waals surface area contributed by atoms with Gasteiger partial charge in [-0.05, 0) is 85.7 Å². The van der Waals surface area contributed by atoms with Crippen molar-refractivity contribution in [1.29, 1.82) is 0 Å². The molecule has 0 saturated heterocycles. The minimum absolute atomic E-state index is 0.231. The second-order valence-corrected chi connectivity index (χ2v) is 9.03. The Balaban J connectivity index is 1.43. The molecule has 5 rings (SSSR count). The van der Waals surface area contributed by atoms with E-state index in [1.165, 1.54) is 12.1 Å². The Morgan fingerprint density at radius 3 is 2.44 bits per heavy atom. The number of rotatable bonds is 4. The Hall–Kier alpha value is -2.93. The minimum Gasteiger partial charge on any atom is -0.389 e. The van der Waals surface area contributed by atoms with Gasteiger partial charge in [-0.25, -0.2) is 22.2 Å². The first-order valence-electron chi connectivity index (χ1n) is 10.6. The number of aromatic nitrogens is 2. The lowest BCUT2D eigenvalue weighted by Crippen LogP contribution is -2.45. The van der Waals surface area contributed by atoms with Gasteiger partial charge in [-0.3, -0.25) is 0 Å². The van der Waals surface area contributed by atoms with Crippen molar-refractivity contribution in [1.82, 2.24) is 9.78 Å². The van der Waals surface area contributed by atoms with Gasteiger partial charge in [0.15, 0.2) is 17.5 Å². The zero-order chi connectivity index (χ0) is 22.7. The summed E-state index contributed by atoms with van der Waals surface area (Å²) >= 11 is 0. The monoisotopic (exact) mass is 442 g/mol. The maximum atomic E-state index is 13.6. The highest BCUT2D eigenvalue weighted by Crippen LogP contribution is 2.56. The predicted molar refractivity (Wildman–Crippen MR) is 112 cm³/mol. The van der Waals surface area contributed by atoms with E-state index in [2.05, 4.69) is 5.10 Å². The summed E-state index contributed by atoms with van der Waals surface area (Å²) < 4.78 is 55.5. The summed E-state index contributed by atoms with van der Waals surface area (Å²) in [6.07, 6.45) is 6.12. The van der Waals surface area contributed by atoms with E-state index in [0.717, 1.165) is 34.7 Å². The van der Waals surface area contributed by atoms with Gasteiger partial charge in [0, 0.05) is 5.41 Å². The molecule has 0 unspecified atom stereocenters. The summed E-state index contributed by atoms with van der Waals surface area (Å²) in [5.74, 6) is -4.24. The number of nitrogens with zero attached hydrogens (tertiary/aromatic N) is 2. The maximum Gasteiger partial charge on any atom is 0.194 e. The Labute approximate surface area is 183 Å². The molecule has 32 heavy (non-hydrogen) atoms. The summed E-state index contributed by atoms with van der Waals surface area (Å²) in [4.78, 5) is 0. The smallest absolute Gasteiger partial charge is 0.194 e. The first kappa shape index (κ1) is 20.9. The number of hydrogen-bond donors (Lipinski definition) is 1. The first-order chi connectivity index (χ1) is 15.2. The zero-order valence-corrected chi connectivity index (χ0v) is 17.5. The van der Waals surface area contributed by atoms with Crippen molar-refractivity contribution in [3.63, 3.8) is 0 Å². The van der Waals surface area contributed by atoms with Crippen LogP contribution in [0.4, 0.5) is 17.6 Å². The van der Waals surface area contributed by atoms with Crippen LogP contribution in [0.1, 0.15) is 43.0 Å². The van der Waals surface area contributed by atoms with E-state index in [0.29, 0.717) is 31.2 Å². The summed E-state index contributed by atoms with van der Waals surface area (Å²) in [5.41, 5.74) is 2.42. The van der Waals surface area contributed by atoms with Gasteiger partial charge in [-0.2, -0.15) is 5.10 Å². The lowest BCUT2D eigenvalue weighted by Gasteiger charge is -2.42. The van der Waals surface area contributed by atoms with Crippen LogP contribution in [0, 0.1) is 28.7 Å². The predicted octanol–water partition coefficient (Wildman–Crippen LogP) is 5.53. The van der Waals surface area contributed by atoms with Crippen LogP contribution in [0.3, 0.4) is 0 Å². The van der Waals surface area contributed by atoms with Crippen molar-refractivity contribution >= 4 is 6.08 Å². The zero-order valence-electron chi connectivity index (χ0n) is 17.5. The van der Waals surface area contributed by atoms with Crippen molar-refractivity contribution in [2.24, 2.45) is 5.41 Å². The van der Waals surface area contributed by atoms with Crippen molar-refractivity contribution < 1.29 is 22.7 Å². The number of aliphatic hydroxyl groups is 1. The molecule has 1 fully saturated rings. The highest BCUT2D eigenvalue weighted by atomic mass is 19.2. The average molecular weight is 442 g/mol. The van der Waals surface area contributed by atoms with Crippen LogP contribution >= 0.6 is 0 Å². The standard InChI is InChI=1S/C25H22F4N2O/c1-24-13-16-14-30-31(19-4-2-18(26)3-5-19)22(16)12-17(24)7-9-25(24,32)8-6-15-10-20(27)23(29)21(28)11-15/h2-5,10-12,14,32H,6-9,13H2,1H3/t24-,25-/m0/s1. The van der Waals surface area contributed by atoms with Crippen LogP contribution in [-0.4, -0.2) is 20.5 Å². The Kier molecular flexibility index (Phi) is 4.78. The molecule has 166 valence electrons. The number of benzene rings is 2. The first-order valence-corrected chi connectivity index (χ1v) is 10.6. The Bertz CT molecular complexity index is 1210. The molecule has 2 aromatic carbocycles. The Morgan fingerprint density at radius 2 is 1.75 bits per heavy atom. The van der Waals surface area contributed by atoms with Gasteiger partial charge >= 0.3 is 0 Å². The molecule has 1 N–H and O–H groups in total. The number of halogens is 4. The fourth-order valence-electron chi connectivity index (χ4n) is 5.22. The lowest BCUT2D eigenvalue weighted by molar-refractivity contribution is -0.0461.